The third-order valence-electron chi connectivity index (χ3n) is 3.94. The van der Waals surface area contributed by atoms with Gasteiger partial charge in [-0.1, -0.05) is 20.3 Å². The van der Waals surface area contributed by atoms with Crippen LogP contribution in [0.5, 0.6) is 0 Å². The van der Waals surface area contributed by atoms with E-state index in [9.17, 15) is 0 Å². The number of piperidine rings is 1. The molecule has 2 aliphatic rings. The molecule has 1 unspecified atom stereocenters. The summed E-state index contributed by atoms with van der Waals surface area (Å²) in [6.07, 6.45) is 5.70. The Hall–Kier alpha value is -0.0800. The van der Waals surface area contributed by atoms with Gasteiger partial charge in [0.2, 0.25) is 0 Å². The smallest absolute Gasteiger partial charge is 0.0223 e. The Morgan fingerprint density at radius 3 is 2.80 bits per heavy atom. The molecule has 2 heterocycles. The highest BCUT2D eigenvalue weighted by Crippen LogP contribution is 2.21. The summed E-state index contributed by atoms with van der Waals surface area (Å²) in [6, 6.07) is 0.889. The van der Waals surface area contributed by atoms with E-state index in [0.717, 1.165) is 12.0 Å². The molecule has 2 saturated heterocycles. The van der Waals surface area contributed by atoms with Crippen molar-refractivity contribution in [2.24, 2.45) is 5.92 Å². The Morgan fingerprint density at radius 1 is 1.13 bits per heavy atom. The first-order chi connectivity index (χ1) is 7.25. The van der Waals surface area contributed by atoms with E-state index in [0.29, 0.717) is 0 Å². The molecule has 0 radical (unpaired) electrons. The molecule has 2 nitrogen and oxygen atoms in total. The fourth-order valence-electron chi connectivity index (χ4n) is 2.86. The number of piperazine rings is 1. The van der Waals surface area contributed by atoms with Crippen LogP contribution < -0.4 is 0 Å². The highest BCUT2D eigenvalue weighted by Gasteiger charge is 2.28. The van der Waals surface area contributed by atoms with Crippen molar-refractivity contribution in [3.8, 4) is 0 Å². The third kappa shape index (κ3) is 3.18. The molecule has 2 aliphatic heterocycles. The van der Waals surface area contributed by atoms with E-state index in [4.69, 9.17) is 0 Å². The van der Waals surface area contributed by atoms with Gasteiger partial charge >= 0.3 is 0 Å². The van der Waals surface area contributed by atoms with Crippen molar-refractivity contribution in [2.45, 2.75) is 45.6 Å². The summed E-state index contributed by atoms with van der Waals surface area (Å²) in [5.74, 6) is 0.856. The number of fused-ring (bicyclic) bond motifs is 1. The summed E-state index contributed by atoms with van der Waals surface area (Å²) in [5.41, 5.74) is 0. The molecule has 2 rings (SSSR count). The zero-order valence-corrected chi connectivity index (χ0v) is 10.4. The fourth-order valence-corrected chi connectivity index (χ4v) is 2.86. The first-order valence-corrected chi connectivity index (χ1v) is 6.72. The van der Waals surface area contributed by atoms with Crippen molar-refractivity contribution < 1.29 is 0 Å². The fraction of sp³-hybridized carbons (Fsp3) is 1.00. The quantitative estimate of drug-likeness (QED) is 0.704. The van der Waals surface area contributed by atoms with Gasteiger partial charge < -0.3 is 4.90 Å². The molecule has 2 fully saturated rings. The average molecular weight is 210 g/mol. The lowest BCUT2D eigenvalue weighted by Crippen LogP contribution is -2.54. The Morgan fingerprint density at radius 2 is 2.00 bits per heavy atom. The van der Waals surface area contributed by atoms with Gasteiger partial charge in [-0.05, 0) is 38.3 Å². The number of rotatable bonds is 3. The van der Waals surface area contributed by atoms with Crippen LogP contribution in [-0.4, -0.2) is 48.6 Å². The van der Waals surface area contributed by atoms with Crippen LogP contribution in [0.15, 0.2) is 0 Å². The van der Waals surface area contributed by atoms with E-state index >= 15 is 0 Å². The summed E-state index contributed by atoms with van der Waals surface area (Å²) in [5, 5.41) is 0. The monoisotopic (exact) mass is 210 g/mol. The van der Waals surface area contributed by atoms with Gasteiger partial charge in [0.15, 0.2) is 0 Å². The normalized spacial score (nSPS) is 29.4. The van der Waals surface area contributed by atoms with Gasteiger partial charge in [-0.15, -0.1) is 0 Å². The Labute approximate surface area is 94.6 Å². The molecule has 15 heavy (non-hydrogen) atoms. The van der Waals surface area contributed by atoms with Gasteiger partial charge in [0, 0.05) is 25.7 Å². The zero-order chi connectivity index (χ0) is 10.7. The molecule has 88 valence electrons. The summed E-state index contributed by atoms with van der Waals surface area (Å²) < 4.78 is 0. The van der Waals surface area contributed by atoms with Crippen LogP contribution >= 0.6 is 0 Å². The lowest BCUT2D eigenvalue weighted by atomic mass is 9.99. The minimum Gasteiger partial charge on any atom is -0.301 e. The van der Waals surface area contributed by atoms with E-state index < -0.39 is 0 Å². The molecule has 2 heteroatoms. The number of hydrogen-bond donors (Lipinski definition) is 0. The first-order valence-electron chi connectivity index (χ1n) is 6.72. The molecule has 0 aliphatic carbocycles. The second-order valence-corrected chi connectivity index (χ2v) is 5.67. The summed E-state index contributed by atoms with van der Waals surface area (Å²) in [7, 11) is 0. The summed E-state index contributed by atoms with van der Waals surface area (Å²) >= 11 is 0. The van der Waals surface area contributed by atoms with E-state index in [-0.39, 0.29) is 0 Å². The highest BCUT2D eigenvalue weighted by molar-refractivity contribution is 4.84. The second kappa shape index (κ2) is 5.31. The molecular formula is C13H26N2. The van der Waals surface area contributed by atoms with Crippen molar-refractivity contribution in [2.75, 3.05) is 32.7 Å². The van der Waals surface area contributed by atoms with Crippen LogP contribution in [-0.2, 0) is 0 Å². The van der Waals surface area contributed by atoms with Gasteiger partial charge in [-0.3, -0.25) is 4.90 Å². The minimum absolute atomic E-state index is 0.856. The molecule has 0 aromatic carbocycles. The maximum Gasteiger partial charge on any atom is 0.0223 e. The molecule has 0 aromatic rings. The molecule has 0 N–H and O–H groups in total. The van der Waals surface area contributed by atoms with Crippen LogP contribution in [0.25, 0.3) is 0 Å². The average Bonchev–Trinajstić information content (AvgIpc) is 2.26. The molecule has 0 amide bonds. The van der Waals surface area contributed by atoms with Crippen molar-refractivity contribution >= 4 is 0 Å². The standard InChI is InChI=1S/C13H26N2/c1-12(2)6-8-14-9-10-15-7-4-3-5-13(15)11-14/h12-13H,3-11H2,1-2H3. The van der Waals surface area contributed by atoms with Crippen LogP contribution in [0.1, 0.15) is 39.5 Å². The molecule has 0 spiro atoms. The molecular weight excluding hydrogens is 184 g/mol. The van der Waals surface area contributed by atoms with Gasteiger partial charge in [0.25, 0.3) is 0 Å². The van der Waals surface area contributed by atoms with Crippen LogP contribution in [0.3, 0.4) is 0 Å². The topological polar surface area (TPSA) is 6.48 Å². The molecule has 1 atom stereocenters. The highest BCUT2D eigenvalue weighted by atomic mass is 15.3. The third-order valence-corrected chi connectivity index (χ3v) is 3.94. The lowest BCUT2D eigenvalue weighted by Gasteiger charge is -2.44. The van der Waals surface area contributed by atoms with Crippen molar-refractivity contribution in [3.05, 3.63) is 0 Å². The van der Waals surface area contributed by atoms with Crippen LogP contribution in [0, 0.1) is 5.92 Å². The van der Waals surface area contributed by atoms with Gasteiger partial charge in [-0.2, -0.15) is 0 Å². The van der Waals surface area contributed by atoms with Crippen LogP contribution in [0.2, 0.25) is 0 Å². The molecule has 0 bridgehead atoms. The van der Waals surface area contributed by atoms with E-state index in [1.165, 1.54) is 58.4 Å². The maximum atomic E-state index is 2.72. The van der Waals surface area contributed by atoms with E-state index in [1.807, 2.05) is 0 Å². The number of nitrogens with zero attached hydrogens (tertiary/aromatic N) is 2. The predicted octanol–water partition coefficient (Wildman–Crippen LogP) is 2.20. The maximum absolute atomic E-state index is 2.72. The van der Waals surface area contributed by atoms with Crippen molar-refractivity contribution in [1.82, 2.24) is 9.80 Å². The first kappa shape index (κ1) is 11.4. The molecule has 0 saturated carbocycles. The number of hydrogen-bond acceptors (Lipinski definition) is 2. The van der Waals surface area contributed by atoms with Crippen molar-refractivity contribution in [1.29, 1.82) is 0 Å². The minimum atomic E-state index is 0.856. The summed E-state index contributed by atoms with van der Waals surface area (Å²) in [4.78, 5) is 5.40. The van der Waals surface area contributed by atoms with Gasteiger partial charge in [-0.25, -0.2) is 0 Å². The molecule has 0 aromatic heterocycles. The largest absolute Gasteiger partial charge is 0.301 e. The SMILES string of the molecule is CC(C)CCN1CCN2CCCCC2C1. The van der Waals surface area contributed by atoms with Crippen molar-refractivity contribution in [3.63, 3.8) is 0 Å². The van der Waals surface area contributed by atoms with E-state index in [2.05, 4.69) is 23.6 Å². The Balaban J connectivity index is 1.75. The summed E-state index contributed by atoms with van der Waals surface area (Å²) in [6.45, 7) is 11.3. The zero-order valence-electron chi connectivity index (χ0n) is 10.4. The van der Waals surface area contributed by atoms with Crippen LogP contribution in [0.4, 0.5) is 0 Å². The van der Waals surface area contributed by atoms with Gasteiger partial charge in [0.05, 0.1) is 0 Å². The lowest BCUT2D eigenvalue weighted by molar-refractivity contribution is 0.0474. The second-order valence-electron chi connectivity index (χ2n) is 5.67. The predicted molar refractivity (Wildman–Crippen MR) is 65.1 cm³/mol. The van der Waals surface area contributed by atoms with E-state index in [1.54, 1.807) is 0 Å². The Kier molecular flexibility index (Phi) is 4.04. The van der Waals surface area contributed by atoms with Gasteiger partial charge in [0.1, 0.15) is 0 Å². The Bertz CT molecular complexity index is 191.